The number of benzene rings is 4. The highest BCUT2D eigenvalue weighted by molar-refractivity contribution is 9.10. The zero-order valence-electron chi connectivity index (χ0n) is 18.3. The second-order valence-corrected chi connectivity index (χ2v) is 9.78. The topological polar surface area (TPSA) is 63.7 Å². The van der Waals surface area contributed by atoms with E-state index in [1.165, 1.54) is 4.90 Å². The number of imide groups is 1. The molecule has 0 radical (unpaired) electrons. The van der Waals surface area contributed by atoms with Crippen LogP contribution < -0.4 is 4.74 Å². The van der Waals surface area contributed by atoms with Crippen LogP contribution >= 0.6 is 27.7 Å². The lowest BCUT2D eigenvalue weighted by molar-refractivity contribution is -0.123. The Morgan fingerprint density at radius 2 is 1.66 bits per heavy atom. The van der Waals surface area contributed by atoms with Crippen LogP contribution in [0, 0.1) is 0 Å². The minimum atomic E-state index is -0.464. The van der Waals surface area contributed by atoms with Gasteiger partial charge in [-0.25, -0.2) is 4.79 Å². The smallest absolute Gasteiger partial charge is 0.343 e. The molecule has 0 aliphatic carbocycles. The van der Waals surface area contributed by atoms with Gasteiger partial charge >= 0.3 is 5.97 Å². The molecule has 0 spiro atoms. The fraction of sp³-hybridized carbons (Fsp3) is 0.0357. The minimum absolute atomic E-state index is 0.216. The van der Waals surface area contributed by atoms with Crippen LogP contribution in [0.1, 0.15) is 21.5 Å². The first kappa shape index (κ1) is 23.1. The Labute approximate surface area is 214 Å². The van der Waals surface area contributed by atoms with E-state index in [-0.39, 0.29) is 17.7 Å². The molecule has 5 nitrogen and oxygen atoms in total. The van der Waals surface area contributed by atoms with Crippen LogP contribution in [0.3, 0.4) is 0 Å². The van der Waals surface area contributed by atoms with Crippen molar-refractivity contribution in [3.8, 4) is 5.75 Å². The monoisotopic (exact) mass is 543 g/mol. The maximum absolute atomic E-state index is 13.0. The van der Waals surface area contributed by atoms with Gasteiger partial charge in [0.05, 0.1) is 17.0 Å². The predicted molar refractivity (Wildman–Crippen MR) is 141 cm³/mol. The lowest BCUT2D eigenvalue weighted by atomic mass is 10.0. The first-order valence-electron chi connectivity index (χ1n) is 10.8. The highest BCUT2D eigenvalue weighted by Crippen LogP contribution is 2.34. The fourth-order valence-corrected chi connectivity index (χ4v) is 5.04. The number of nitrogens with zero attached hydrogens (tertiary/aromatic N) is 1. The summed E-state index contributed by atoms with van der Waals surface area (Å²) in [4.78, 5) is 39.6. The van der Waals surface area contributed by atoms with Crippen molar-refractivity contribution in [3.05, 3.63) is 117 Å². The van der Waals surface area contributed by atoms with Crippen molar-refractivity contribution in [3.63, 3.8) is 0 Å². The summed E-state index contributed by atoms with van der Waals surface area (Å²) in [6.07, 6.45) is 1.67. The van der Waals surface area contributed by atoms with E-state index in [2.05, 4.69) is 15.9 Å². The molecule has 1 aliphatic heterocycles. The second kappa shape index (κ2) is 9.90. The summed E-state index contributed by atoms with van der Waals surface area (Å²) in [7, 11) is 0. The van der Waals surface area contributed by atoms with E-state index in [1.807, 2.05) is 48.5 Å². The number of fused-ring (bicyclic) bond motifs is 1. The molecule has 1 aliphatic rings. The van der Waals surface area contributed by atoms with Crippen molar-refractivity contribution < 1.29 is 19.1 Å². The van der Waals surface area contributed by atoms with Crippen LogP contribution in [-0.2, 0) is 11.3 Å². The SMILES string of the molecule is O=C(Oc1ccc(/C=C2\SC(=O)N(Cc3cccc4ccccc34)C2=O)cc1)c1cccc(Br)c1. The van der Waals surface area contributed by atoms with Gasteiger partial charge in [0.2, 0.25) is 0 Å². The number of carbonyl (C=O) groups is 3. The first-order valence-corrected chi connectivity index (χ1v) is 12.4. The third-order valence-electron chi connectivity index (χ3n) is 5.53. The number of thioether (sulfide) groups is 1. The molecule has 0 atom stereocenters. The summed E-state index contributed by atoms with van der Waals surface area (Å²) in [5, 5.41) is 1.79. The van der Waals surface area contributed by atoms with Crippen LogP contribution in [-0.4, -0.2) is 22.0 Å². The first-order chi connectivity index (χ1) is 17.0. The largest absolute Gasteiger partial charge is 0.423 e. The molecule has 0 N–H and O–H groups in total. The maximum Gasteiger partial charge on any atom is 0.343 e. The molecule has 4 aromatic carbocycles. The second-order valence-electron chi connectivity index (χ2n) is 7.88. The van der Waals surface area contributed by atoms with Crippen molar-refractivity contribution in [2.24, 2.45) is 0 Å². The highest BCUT2D eigenvalue weighted by atomic mass is 79.9. The molecule has 0 bridgehead atoms. The van der Waals surface area contributed by atoms with E-state index in [0.717, 1.165) is 38.1 Å². The molecule has 1 fully saturated rings. The van der Waals surface area contributed by atoms with Crippen molar-refractivity contribution in [1.29, 1.82) is 0 Å². The summed E-state index contributed by atoms with van der Waals surface area (Å²) in [6.45, 7) is 0.216. The Kier molecular flexibility index (Phi) is 6.53. The number of esters is 1. The molecule has 172 valence electrons. The van der Waals surface area contributed by atoms with Gasteiger partial charge in [0, 0.05) is 4.47 Å². The normalized spacial score (nSPS) is 14.7. The number of carbonyl (C=O) groups excluding carboxylic acids is 3. The third-order valence-corrected chi connectivity index (χ3v) is 6.93. The quantitative estimate of drug-likeness (QED) is 0.153. The molecular weight excluding hydrogens is 526 g/mol. The zero-order chi connectivity index (χ0) is 24.4. The number of ether oxygens (including phenoxy) is 1. The van der Waals surface area contributed by atoms with E-state index >= 15 is 0 Å². The number of amides is 2. The molecule has 2 amide bonds. The summed E-state index contributed by atoms with van der Waals surface area (Å²) in [5.74, 6) is -0.400. The fourth-order valence-electron chi connectivity index (χ4n) is 3.80. The average Bonchev–Trinajstić information content (AvgIpc) is 3.12. The van der Waals surface area contributed by atoms with Crippen LogP contribution in [0.4, 0.5) is 4.79 Å². The van der Waals surface area contributed by atoms with E-state index in [0.29, 0.717) is 16.2 Å². The van der Waals surface area contributed by atoms with Gasteiger partial charge in [-0.2, -0.15) is 0 Å². The molecule has 0 aromatic heterocycles. The molecule has 0 unspecified atom stereocenters. The Hall–Kier alpha value is -3.68. The Bertz CT molecular complexity index is 1490. The predicted octanol–water partition coefficient (Wildman–Crippen LogP) is 7.06. The van der Waals surface area contributed by atoms with E-state index in [1.54, 1.807) is 48.5 Å². The van der Waals surface area contributed by atoms with E-state index in [4.69, 9.17) is 4.74 Å². The van der Waals surface area contributed by atoms with E-state index in [9.17, 15) is 14.4 Å². The van der Waals surface area contributed by atoms with Gasteiger partial charge < -0.3 is 4.74 Å². The van der Waals surface area contributed by atoms with Crippen LogP contribution in [0.2, 0.25) is 0 Å². The van der Waals surface area contributed by atoms with Crippen molar-refractivity contribution in [2.45, 2.75) is 6.54 Å². The van der Waals surface area contributed by atoms with Crippen molar-refractivity contribution in [2.75, 3.05) is 0 Å². The van der Waals surface area contributed by atoms with Gasteiger partial charge in [0.15, 0.2) is 0 Å². The van der Waals surface area contributed by atoms with Gasteiger partial charge in [0.1, 0.15) is 5.75 Å². The molecule has 5 rings (SSSR count). The highest BCUT2D eigenvalue weighted by Gasteiger charge is 2.35. The minimum Gasteiger partial charge on any atom is -0.423 e. The number of hydrogen-bond acceptors (Lipinski definition) is 5. The molecule has 1 heterocycles. The summed E-state index contributed by atoms with van der Waals surface area (Å²) >= 11 is 4.26. The molecule has 1 saturated heterocycles. The van der Waals surface area contributed by atoms with Gasteiger partial charge in [-0.15, -0.1) is 0 Å². The van der Waals surface area contributed by atoms with Gasteiger partial charge in [-0.1, -0.05) is 76.6 Å². The zero-order valence-corrected chi connectivity index (χ0v) is 20.7. The number of hydrogen-bond donors (Lipinski definition) is 0. The van der Waals surface area contributed by atoms with Gasteiger partial charge in [0.25, 0.3) is 11.1 Å². The molecule has 35 heavy (non-hydrogen) atoms. The summed E-state index contributed by atoms with van der Waals surface area (Å²) in [6, 6.07) is 27.5. The number of rotatable bonds is 5. The molecular formula is C28H18BrNO4S. The standard InChI is InChI=1S/C28H18BrNO4S/c29-22-9-4-7-20(16-22)27(32)34-23-13-11-18(12-14-23)15-25-26(31)30(28(33)35-25)17-21-8-3-6-19-5-1-2-10-24(19)21/h1-16H,17H2/b25-15-. The van der Waals surface area contributed by atoms with Crippen LogP contribution in [0.25, 0.3) is 16.8 Å². The van der Waals surface area contributed by atoms with Crippen molar-refractivity contribution >= 4 is 61.7 Å². The summed E-state index contributed by atoms with van der Waals surface area (Å²) < 4.78 is 6.21. The molecule has 7 heteroatoms. The van der Waals surface area contributed by atoms with Gasteiger partial charge in [-0.3, -0.25) is 14.5 Å². The van der Waals surface area contributed by atoms with Crippen LogP contribution in [0.15, 0.2) is 100 Å². The lowest BCUT2D eigenvalue weighted by Crippen LogP contribution is -2.27. The Morgan fingerprint density at radius 3 is 2.46 bits per heavy atom. The van der Waals surface area contributed by atoms with Crippen LogP contribution in [0.5, 0.6) is 5.75 Å². The molecule has 4 aromatic rings. The maximum atomic E-state index is 13.0. The Morgan fingerprint density at radius 1 is 0.914 bits per heavy atom. The van der Waals surface area contributed by atoms with E-state index < -0.39 is 5.97 Å². The lowest BCUT2D eigenvalue weighted by Gasteiger charge is -2.14. The average molecular weight is 544 g/mol. The molecule has 0 saturated carbocycles. The number of halogens is 1. The van der Waals surface area contributed by atoms with Gasteiger partial charge in [-0.05, 0) is 70.1 Å². The third kappa shape index (κ3) is 5.06. The van der Waals surface area contributed by atoms with Crippen molar-refractivity contribution in [1.82, 2.24) is 4.90 Å². The summed E-state index contributed by atoms with van der Waals surface area (Å²) in [5.41, 5.74) is 2.08. The Balaban J connectivity index is 1.30.